The first kappa shape index (κ1) is 30.2. The molecule has 2 aromatic heterocycles. The van der Waals surface area contributed by atoms with Gasteiger partial charge in [0.05, 0.1) is 45.2 Å². The lowest BCUT2D eigenvalue weighted by Crippen LogP contribution is -2.14. The number of nitrogens with one attached hydrogen (secondary N) is 2. The number of amides is 2. The number of hydrogen-bond acceptors (Lipinski definition) is 10. The zero-order valence-electron chi connectivity index (χ0n) is 23.9. The number of ether oxygens (including phenoxy) is 2. The van der Waals surface area contributed by atoms with Crippen molar-refractivity contribution in [3.63, 3.8) is 0 Å². The Hall–Kier alpha value is -3.84. The molecule has 44 heavy (non-hydrogen) atoms. The normalized spacial score (nSPS) is 11.2. The zero-order valence-corrected chi connectivity index (χ0v) is 27.2. The fourth-order valence-corrected chi connectivity index (χ4v) is 8.25. The third kappa shape index (κ3) is 7.44. The smallest absolute Gasteiger partial charge is 0.234 e. The molecule has 2 heterocycles. The van der Waals surface area contributed by atoms with Gasteiger partial charge in [0, 0.05) is 11.4 Å². The van der Waals surface area contributed by atoms with Crippen molar-refractivity contribution in [2.75, 3.05) is 35.4 Å². The molecule has 6 aromatic rings. The van der Waals surface area contributed by atoms with Crippen LogP contribution < -0.4 is 20.1 Å². The maximum atomic E-state index is 12.7. The Morgan fingerprint density at radius 1 is 0.659 bits per heavy atom. The van der Waals surface area contributed by atoms with E-state index in [2.05, 4.69) is 20.6 Å². The van der Waals surface area contributed by atoms with E-state index in [1.165, 1.54) is 23.5 Å². The quantitative estimate of drug-likeness (QED) is 0.126. The minimum atomic E-state index is -0.117. The molecule has 0 bridgehead atoms. The van der Waals surface area contributed by atoms with E-state index in [1.807, 2.05) is 86.6 Å². The number of nitrogens with zero attached hydrogens (tertiary/aromatic N) is 2. The largest absolute Gasteiger partial charge is 0.494 e. The molecule has 0 fully saturated rings. The summed E-state index contributed by atoms with van der Waals surface area (Å²) in [4.78, 5) is 34.7. The Balaban J connectivity index is 1.03. The topological polar surface area (TPSA) is 102 Å². The van der Waals surface area contributed by atoms with Gasteiger partial charge >= 0.3 is 0 Å². The van der Waals surface area contributed by atoms with Gasteiger partial charge in [-0.1, -0.05) is 35.7 Å². The first-order valence-electron chi connectivity index (χ1n) is 13.9. The van der Waals surface area contributed by atoms with E-state index < -0.39 is 0 Å². The van der Waals surface area contributed by atoms with E-state index >= 15 is 0 Å². The molecule has 2 N–H and O–H groups in total. The van der Waals surface area contributed by atoms with Crippen molar-refractivity contribution < 1.29 is 19.1 Å². The van der Waals surface area contributed by atoms with E-state index in [9.17, 15) is 9.59 Å². The highest BCUT2D eigenvalue weighted by molar-refractivity contribution is 8.02. The molecule has 0 aliphatic carbocycles. The van der Waals surface area contributed by atoms with Crippen molar-refractivity contribution in [1.82, 2.24) is 9.97 Å². The van der Waals surface area contributed by atoms with Crippen molar-refractivity contribution >= 4 is 101 Å². The molecule has 0 radical (unpaired) electrons. The van der Waals surface area contributed by atoms with Gasteiger partial charge in [-0.3, -0.25) is 9.59 Å². The number of thioether (sulfide) groups is 2. The van der Waals surface area contributed by atoms with E-state index in [1.54, 1.807) is 22.7 Å². The van der Waals surface area contributed by atoms with Gasteiger partial charge in [-0.25, -0.2) is 9.97 Å². The number of anilines is 2. The molecule has 224 valence electrons. The summed E-state index contributed by atoms with van der Waals surface area (Å²) in [6.07, 6.45) is 0. The van der Waals surface area contributed by atoms with Crippen LogP contribution in [0.15, 0.2) is 81.5 Å². The molecule has 0 aliphatic heterocycles. The minimum absolute atomic E-state index is 0.117. The fraction of sp³-hybridized carbons (Fsp3) is 0.188. The number of fused-ring (bicyclic) bond motifs is 3. The third-order valence-corrected chi connectivity index (χ3v) is 10.7. The predicted molar refractivity (Wildman–Crippen MR) is 184 cm³/mol. The molecular formula is C32H28N4O4S4. The highest BCUT2D eigenvalue weighted by atomic mass is 32.2. The standard InChI is InChI=1S/C32H28N4O4S4/c1-3-39-23-9-11-25-27(15-23)43-31(35-25)41-17-29(37)33-21-7-5-19-6-8-22(14-20(19)13-21)34-30(38)18-42-32-36-26-12-10-24(40-4-2)16-28(26)44-32/h5-16H,3-4,17-18H2,1-2H3,(H,33,37)(H,34,38). The molecule has 0 saturated carbocycles. The van der Waals surface area contributed by atoms with Gasteiger partial charge < -0.3 is 20.1 Å². The van der Waals surface area contributed by atoms with Crippen LogP contribution in [-0.4, -0.2) is 46.5 Å². The number of carbonyl (C=O) groups excluding carboxylic acids is 2. The number of hydrogen-bond donors (Lipinski definition) is 2. The molecule has 6 rings (SSSR count). The summed E-state index contributed by atoms with van der Waals surface area (Å²) in [6, 6.07) is 23.1. The number of carbonyl (C=O) groups is 2. The monoisotopic (exact) mass is 660 g/mol. The molecule has 4 aromatic carbocycles. The van der Waals surface area contributed by atoms with Crippen molar-refractivity contribution in [1.29, 1.82) is 0 Å². The van der Waals surface area contributed by atoms with Crippen LogP contribution in [0, 0.1) is 0 Å². The van der Waals surface area contributed by atoms with Gasteiger partial charge in [0.1, 0.15) is 11.5 Å². The lowest BCUT2D eigenvalue weighted by molar-refractivity contribution is -0.114. The highest BCUT2D eigenvalue weighted by Crippen LogP contribution is 2.33. The van der Waals surface area contributed by atoms with Crippen molar-refractivity contribution in [3.8, 4) is 11.5 Å². The summed E-state index contributed by atoms with van der Waals surface area (Å²) >= 11 is 5.91. The molecule has 0 atom stereocenters. The molecule has 2 amide bonds. The van der Waals surface area contributed by atoms with Gasteiger partial charge in [-0.2, -0.15) is 0 Å². The van der Waals surface area contributed by atoms with Crippen LogP contribution in [0.2, 0.25) is 0 Å². The van der Waals surface area contributed by atoms with Gasteiger partial charge in [0.25, 0.3) is 0 Å². The first-order valence-corrected chi connectivity index (χ1v) is 17.5. The maximum Gasteiger partial charge on any atom is 0.234 e. The van der Waals surface area contributed by atoms with Crippen LogP contribution in [0.5, 0.6) is 11.5 Å². The molecule has 0 saturated heterocycles. The SMILES string of the molecule is CCOc1ccc2nc(SCC(=O)Nc3ccc4ccc(NC(=O)CSc5nc6ccc(OCC)cc6s5)cc4c3)sc2c1. The van der Waals surface area contributed by atoms with Gasteiger partial charge in [0.2, 0.25) is 11.8 Å². The molecule has 0 unspecified atom stereocenters. The zero-order chi connectivity index (χ0) is 30.5. The van der Waals surface area contributed by atoms with Gasteiger partial charge in [-0.05, 0) is 85.3 Å². The van der Waals surface area contributed by atoms with Crippen LogP contribution in [-0.2, 0) is 9.59 Å². The summed E-state index contributed by atoms with van der Waals surface area (Å²) in [5.41, 5.74) is 3.17. The van der Waals surface area contributed by atoms with Crippen LogP contribution in [0.1, 0.15) is 13.8 Å². The summed E-state index contributed by atoms with van der Waals surface area (Å²) in [5.74, 6) is 1.89. The number of benzene rings is 4. The first-order chi connectivity index (χ1) is 21.4. The Kier molecular flexibility index (Phi) is 9.51. The molecule has 0 spiro atoms. The molecule has 0 aliphatic rings. The summed E-state index contributed by atoms with van der Waals surface area (Å²) in [7, 11) is 0. The van der Waals surface area contributed by atoms with Crippen LogP contribution in [0.25, 0.3) is 31.2 Å². The van der Waals surface area contributed by atoms with Crippen LogP contribution in [0.4, 0.5) is 11.4 Å². The summed E-state index contributed by atoms with van der Waals surface area (Å²) in [5, 5.41) is 7.87. The Labute approximate surface area is 270 Å². The van der Waals surface area contributed by atoms with E-state index in [0.29, 0.717) is 24.6 Å². The predicted octanol–water partition coefficient (Wildman–Crippen LogP) is 8.32. The highest BCUT2D eigenvalue weighted by Gasteiger charge is 2.12. The second-order valence-electron chi connectivity index (χ2n) is 9.54. The van der Waals surface area contributed by atoms with Gasteiger partial charge in [-0.15, -0.1) is 22.7 Å². The number of thiazole rings is 2. The van der Waals surface area contributed by atoms with Crippen LogP contribution >= 0.6 is 46.2 Å². The lowest BCUT2D eigenvalue weighted by Gasteiger charge is -2.09. The van der Waals surface area contributed by atoms with E-state index in [-0.39, 0.29) is 23.3 Å². The molecule has 12 heteroatoms. The number of rotatable bonds is 12. The Morgan fingerprint density at radius 3 is 1.59 bits per heavy atom. The van der Waals surface area contributed by atoms with Crippen molar-refractivity contribution in [2.45, 2.75) is 22.5 Å². The molecule has 8 nitrogen and oxygen atoms in total. The molecular weight excluding hydrogens is 633 g/mol. The average molecular weight is 661 g/mol. The lowest BCUT2D eigenvalue weighted by atomic mass is 10.1. The van der Waals surface area contributed by atoms with E-state index in [0.717, 1.165) is 51.4 Å². The Bertz CT molecular complexity index is 1840. The third-order valence-electron chi connectivity index (χ3n) is 6.36. The average Bonchev–Trinajstić information content (AvgIpc) is 3.62. The summed E-state index contributed by atoms with van der Waals surface area (Å²) in [6.45, 7) is 5.13. The number of aromatic nitrogens is 2. The van der Waals surface area contributed by atoms with Crippen molar-refractivity contribution in [2.24, 2.45) is 0 Å². The fourth-order valence-electron chi connectivity index (χ4n) is 4.45. The second kappa shape index (κ2) is 13.9. The van der Waals surface area contributed by atoms with E-state index in [4.69, 9.17) is 9.47 Å². The Morgan fingerprint density at radius 2 is 1.14 bits per heavy atom. The minimum Gasteiger partial charge on any atom is -0.494 e. The van der Waals surface area contributed by atoms with Crippen LogP contribution in [0.3, 0.4) is 0 Å². The second-order valence-corrected chi connectivity index (χ2v) is 14.0. The maximum absolute atomic E-state index is 12.7. The summed E-state index contributed by atoms with van der Waals surface area (Å²) < 4.78 is 14.9. The van der Waals surface area contributed by atoms with Crippen molar-refractivity contribution in [3.05, 3.63) is 72.8 Å². The van der Waals surface area contributed by atoms with Gasteiger partial charge in [0.15, 0.2) is 8.68 Å².